The molecule has 1 aromatic rings. The molecule has 1 aromatic carbocycles. The smallest absolute Gasteiger partial charge is 0.251 e. The van der Waals surface area contributed by atoms with Gasteiger partial charge in [0.2, 0.25) is 5.91 Å². The molecule has 2 atom stereocenters. The molecule has 0 aliphatic carbocycles. The molecule has 2 amide bonds. The van der Waals surface area contributed by atoms with Crippen LogP contribution in [0.4, 0.5) is 0 Å². The predicted octanol–water partition coefficient (Wildman–Crippen LogP) is 1.04. The van der Waals surface area contributed by atoms with Crippen LogP contribution >= 0.6 is 11.8 Å². The molecule has 1 fully saturated rings. The normalized spacial score (nSPS) is 22.5. The molecule has 1 heterocycles. The Morgan fingerprint density at radius 2 is 1.72 bits per heavy atom. The van der Waals surface area contributed by atoms with Gasteiger partial charge < -0.3 is 10.6 Å². The summed E-state index contributed by atoms with van der Waals surface area (Å²) < 4.78 is 0. The van der Waals surface area contributed by atoms with Crippen molar-refractivity contribution in [3.8, 4) is 0 Å². The van der Waals surface area contributed by atoms with E-state index in [9.17, 15) is 9.59 Å². The summed E-state index contributed by atoms with van der Waals surface area (Å²) >= 11 is 1.74. The third-order valence-electron chi connectivity index (χ3n) is 2.82. The molecule has 0 saturated carbocycles. The van der Waals surface area contributed by atoms with Crippen LogP contribution in [0.1, 0.15) is 17.3 Å². The SMILES string of the molecule is CC(=O)NC1CSCC1NC(=O)c1ccccc1. The fourth-order valence-electron chi connectivity index (χ4n) is 1.94. The Balaban J connectivity index is 1.96. The quantitative estimate of drug-likeness (QED) is 0.857. The summed E-state index contributed by atoms with van der Waals surface area (Å²) in [7, 11) is 0. The number of nitrogens with one attached hydrogen (secondary N) is 2. The molecule has 2 unspecified atom stereocenters. The zero-order chi connectivity index (χ0) is 13.0. The van der Waals surface area contributed by atoms with E-state index in [0.717, 1.165) is 11.5 Å². The van der Waals surface area contributed by atoms with Gasteiger partial charge in [0.1, 0.15) is 0 Å². The van der Waals surface area contributed by atoms with Crippen LogP contribution in [-0.2, 0) is 4.79 Å². The number of hydrogen-bond donors (Lipinski definition) is 2. The van der Waals surface area contributed by atoms with Gasteiger partial charge in [-0.2, -0.15) is 11.8 Å². The van der Waals surface area contributed by atoms with Crippen LogP contribution in [0.15, 0.2) is 30.3 Å². The summed E-state index contributed by atoms with van der Waals surface area (Å²) in [6.07, 6.45) is 0. The molecule has 2 N–H and O–H groups in total. The Kier molecular flexibility index (Phi) is 4.25. The number of amides is 2. The van der Waals surface area contributed by atoms with Crippen LogP contribution in [0, 0.1) is 0 Å². The van der Waals surface area contributed by atoms with E-state index in [-0.39, 0.29) is 23.9 Å². The topological polar surface area (TPSA) is 58.2 Å². The van der Waals surface area contributed by atoms with Gasteiger partial charge in [-0.05, 0) is 12.1 Å². The molecular formula is C13H16N2O2S. The number of rotatable bonds is 3. The van der Waals surface area contributed by atoms with Crippen LogP contribution < -0.4 is 10.6 Å². The highest BCUT2D eigenvalue weighted by Crippen LogP contribution is 2.18. The highest BCUT2D eigenvalue weighted by Gasteiger charge is 2.29. The average molecular weight is 264 g/mol. The summed E-state index contributed by atoms with van der Waals surface area (Å²) in [6.45, 7) is 1.50. The second-order valence-corrected chi connectivity index (χ2v) is 5.37. The van der Waals surface area contributed by atoms with E-state index in [1.54, 1.807) is 23.9 Å². The minimum atomic E-state index is -0.0848. The van der Waals surface area contributed by atoms with Crippen molar-refractivity contribution in [1.29, 1.82) is 0 Å². The van der Waals surface area contributed by atoms with Crippen molar-refractivity contribution in [3.05, 3.63) is 35.9 Å². The maximum absolute atomic E-state index is 12.0. The predicted molar refractivity (Wildman–Crippen MR) is 72.6 cm³/mol. The van der Waals surface area contributed by atoms with Gasteiger partial charge in [0.05, 0.1) is 12.1 Å². The average Bonchev–Trinajstić information content (AvgIpc) is 2.77. The van der Waals surface area contributed by atoms with Crippen LogP contribution in [0.2, 0.25) is 0 Å². The standard InChI is InChI=1S/C13H16N2O2S/c1-9(16)14-11-7-18-8-12(11)15-13(17)10-5-3-2-4-6-10/h2-6,11-12H,7-8H2,1H3,(H,14,16)(H,15,17). The molecule has 5 heteroatoms. The number of benzene rings is 1. The van der Waals surface area contributed by atoms with Crippen molar-refractivity contribution < 1.29 is 9.59 Å². The Morgan fingerprint density at radius 1 is 1.11 bits per heavy atom. The first-order valence-corrected chi connectivity index (χ1v) is 7.03. The summed E-state index contributed by atoms with van der Waals surface area (Å²) in [5, 5.41) is 5.85. The van der Waals surface area contributed by atoms with Gasteiger partial charge in [-0.25, -0.2) is 0 Å². The van der Waals surface area contributed by atoms with Crippen molar-refractivity contribution in [2.24, 2.45) is 0 Å². The van der Waals surface area contributed by atoms with E-state index in [4.69, 9.17) is 0 Å². The number of carbonyl (C=O) groups excluding carboxylic acids is 2. The van der Waals surface area contributed by atoms with Crippen LogP contribution in [0.5, 0.6) is 0 Å². The Morgan fingerprint density at radius 3 is 2.33 bits per heavy atom. The van der Waals surface area contributed by atoms with E-state index >= 15 is 0 Å². The Labute approximate surface area is 111 Å². The lowest BCUT2D eigenvalue weighted by Crippen LogP contribution is -2.50. The van der Waals surface area contributed by atoms with E-state index in [0.29, 0.717) is 5.56 Å². The molecule has 0 bridgehead atoms. The maximum atomic E-state index is 12.0. The lowest BCUT2D eigenvalue weighted by Gasteiger charge is -2.20. The first kappa shape index (κ1) is 13.0. The third kappa shape index (κ3) is 3.26. The first-order chi connectivity index (χ1) is 8.66. The van der Waals surface area contributed by atoms with E-state index in [1.807, 2.05) is 18.2 Å². The first-order valence-electron chi connectivity index (χ1n) is 5.87. The number of hydrogen-bond acceptors (Lipinski definition) is 3. The van der Waals surface area contributed by atoms with Crippen molar-refractivity contribution in [2.45, 2.75) is 19.0 Å². The maximum Gasteiger partial charge on any atom is 0.251 e. The molecule has 0 spiro atoms. The zero-order valence-electron chi connectivity index (χ0n) is 10.2. The third-order valence-corrected chi connectivity index (χ3v) is 4.01. The van der Waals surface area contributed by atoms with Gasteiger partial charge in [-0.1, -0.05) is 18.2 Å². The summed E-state index contributed by atoms with van der Waals surface area (Å²) in [4.78, 5) is 23.1. The van der Waals surface area contributed by atoms with Gasteiger partial charge in [0.25, 0.3) is 5.91 Å². The molecule has 0 radical (unpaired) electrons. The second kappa shape index (κ2) is 5.91. The summed E-state index contributed by atoms with van der Waals surface area (Å²) in [6, 6.07) is 9.15. The van der Waals surface area contributed by atoms with Gasteiger partial charge in [0.15, 0.2) is 0 Å². The number of carbonyl (C=O) groups is 2. The largest absolute Gasteiger partial charge is 0.351 e. The van der Waals surface area contributed by atoms with Crippen molar-refractivity contribution >= 4 is 23.6 Å². The van der Waals surface area contributed by atoms with Crippen LogP contribution in [-0.4, -0.2) is 35.4 Å². The molecular weight excluding hydrogens is 248 g/mol. The second-order valence-electron chi connectivity index (χ2n) is 4.29. The van der Waals surface area contributed by atoms with Crippen LogP contribution in [0.25, 0.3) is 0 Å². The van der Waals surface area contributed by atoms with Crippen molar-refractivity contribution in [2.75, 3.05) is 11.5 Å². The lowest BCUT2D eigenvalue weighted by molar-refractivity contribution is -0.119. The van der Waals surface area contributed by atoms with Crippen molar-refractivity contribution in [3.63, 3.8) is 0 Å². The van der Waals surface area contributed by atoms with Gasteiger partial charge in [0, 0.05) is 24.0 Å². The minimum Gasteiger partial charge on any atom is -0.351 e. The molecule has 2 rings (SSSR count). The van der Waals surface area contributed by atoms with Crippen LogP contribution in [0.3, 0.4) is 0 Å². The molecule has 0 aromatic heterocycles. The van der Waals surface area contributed by atoms with Gasteiger partial charge in [-0.15, -0.1) is 0 Å². The zero-order valence-corrected chi connectivity index (χ0v) is 11.0. The molecule has 18 heavy (non-hydrogen) atoms. The Hall–Kier alpha value is -1.49. The van der Waals surface area contributed by atoms with E-state index in [2.05, 4.69) is 10.6 Å². The summed E-state index contributed by atoms with van der Waals surface area (Å²) in [5.41, 5.74) is 0.649. The lowest BCUT2D eigenvalue weighted by atomic mass is 10.1. The highest BCUT2D eigenvalue weighted by atomic mass is 32.2. The molecule has 4 nitrogen and oxygen atoms in total. The van der Waals surface area contributed by atoms with Crippen molar-refractivity contribution in [1.82, 2.24) is 10.6 Å². The Bertz CT molecular complexity index is 436. The number of thioether (sulfide) groups is 1. The fourth-order valence-corrected chi connectivity index (χ4v) is 3.22. The van der Waals surface area contributed by atoms with E-state index < -0.39 is 0 Å². The highest BCUT2D eigenvalue weighted by molar-refractivity contribution is 7.99. The molecule has 1 aliphatic heterocycles. The molecule has 1 aliphatic rings. The van der Waals surface area contributed by atoms with Gasteiger partial charge >= 0.3 is 0 Å². The summed E-state index contributed by atoms with van der Waals surface area (Å²) in [5.74, 6) is 1.54. The minimum absolute atomic E-state index is 0.00612. The fraction of sp³-hybridized carbons (Fsp3) is 0.385. The molecule has 1 saturated heterocycles. The molecule has 96 valence electrons. The van der Waals surface area contributed by atoms with Gasteiger partial charge in [-0.3, -0.25) is 9.59 Å². The van der Waals surface area contributed by atoms with E-state index in [1.165, 1.54) is 6.92 Å². The monoisotopic (exact) mass is 264 g/mol.